The number of sulfone groups is 1. The van der Waals surface area contributed by atoms with Crippen LogP contribution in [0.3, 0.4) is 0 Å². The third-order valence-electron chi connectivity index (χ3n) is 2.80. The fraction of sp³-hybridized carbons (Fsp3) is 0.500. The quantitative estimate of drug-likeness (QED) is 0.878. The monoisotopic (exact) mass is 259 g/mol. The van der Waals surface area contributed by atoms with Crippen LogP contribution in [-0.2, 0) is 9.84 Å². The summed E-state index contributed by atoms with van der Waals surface area (Å²) in [7, 11) is -3.14. The lowest BCUT2D eigenvalue weighted by Crippen LogP contribution is -2.34. The Hall–Kier alpha value is -0.940. The molecule has 96 valence electrons. The van der Waals surface area contributed by atoms with E-state index in [1.807, 2.05) is 6.92 Å². The molecule has 0 aromatic heterocycles. The number of hydrogen-bond donors (Lipinski definition) is 1. The maximum absolute atomic E-state index is 12.8. The zero-order valence-electron chi connectivity index (χ0n) is 10.3. The lowest BCUT2D eigenvalue weighted by molar-refractivity contribution is 0.512. The van der Waals surface area contributed by atoms with E-state index < -0.39 is 15.1 Å². The van der Waals surface area contributed by atoms with Crippen molar-refractivity contribution in [3.8, 4) is 0 Å². The Morgan fingerprint density at radius 2 is 1.82 bits per heavy atom. The van der Waals surface area contributed by atoms with Gasteiger partial charge in [0.05, 0.1) is 5.25 Å². The van der Waals surface area contributed by atoms with Crippen molar-refractivity contribution in [2.75, 3.05) is 12.8 Å². The van der Waals surface area contributed by atoms with Crippen molar-refractivity contribution in [3.05, 3.63) is 35.6 Å². The molecule has 1 aromatic carbocycles. The maximum Gasteiger partial charge on any atom is 0.151 e. The van der Waals surface area contributed by atoms with Crippen LogP contribution in [0.5, 0.6) is 0 Å². The number of benzene rings is 1. The van der Waals surface area contributed by atoms with Crippen LogP contribution >= 0.6 is 0 Å². The molecule has 0 bridgehead atoms. The molecular formula is C12H18FNO2S. The van der Waals surface area contributed by atoms with E-state index in [-0.39, 0.29) is 11.9 Å². The molecule has 0 saturated carbocycles. The molecule has 0 aliphatic rings. The van der Waals surface area contributed by atoms with E-state index in [9.17, 15) is 12.8 Å². The summed E-state index contributed by atoms with van der Waals surface area (Å²) in [5, 5.41) is 2.57. The summed E-state index contributed by atoms with van der Waals surface area (Å²) in [6.07, 6.45) is 1.21. The van der Waals surface area contributed by atoms with Gasteiger partial charge in [0, 0.05) is 12.3 Å². The van der Waals surface area contributed by atoms with Gasteiger partial charge in [-0.25, -0.2) is 12.8 Å². The van der Waals surface area contributed by atoms with Crippen LogP contribution in [0.25, 0.3) is 0 Å². The highest BCUT2D eigenvalue weighted by atomic mass is 32.2. The molecule has 0 spiro atoms. The molecule has 1 N–H and O–H groups in total. The van der Waals surface area contributed by atoms with Crippen molar-refractivity contribution in [3.63, 3.8) is 0 Å². The van der Waals surface area contributed by atoms with Crippen LogP contribution in [0.2, 0.25) is 0 Å². The van der Waals surface area contributed by atoms with E-state index in [1.54, 1.807) is 19.1 Å². The summed E-state index contributed by atoms with van der Waals surface area (Å²) in [4.78, 5) is 0. The summed E-state index contributed by atoms with van der Waals surface area (Å²) < 4.78 is 36.0. The lowest BCUT2D eigenvalue weighted by atomic mass is 10.0. The van der Waals surface area contributed by atoms with Crippen LogP contribution in [0.4, 0.5) is 4.39 Å². The highest BCUT2D eigenvalue weighted by molar-refractivity contribution is 7.91. The molecule has 1 rings (SSSR count). The number of rotatable bonds is 5. The van der Waals surface area contributed by atoms with Gasteiger partial charge in [0.25, 0.3) is 0 Å². The minimum Gasteiger partial charge on any atom is -0.309 e. The van der Waals surface area contributed by atoms with E-state index in [0.717, 1.165) is 5.56 Å². The molecule has 5 heteroatoms. The Morgan fingerprint density at radius 1 is 1.29 bits per heavy atom. The lowest BCUT2D eigenvalue weighted by Gasteiger charge is -2.24. The third kappa shape index (κ3) is 3.78. The van der Waals surface area contributed by atoms with Crippen LogP contribution in [0.15, 0.2) is 24.3 Å². The SMILES string of the molecule is CCNC(c1ccc(F)cc1)C(C)S(C)(=O)=O. The third-order valence-corrected chi connectivity index (χ3v) is 4.42. The number of hydrogen-bond acceptors (Lipinski definition) is 3. The molecule has 0 heterocycles. The van der Waals surface area contributed by atoms with Gasteiger partial charge in [0.15, 0.2) is 9.84 Å². The number of halogens is 1. The second kappa shape index (κ2) is 5.60. The number of nitrogens with one attached hydrogen (secondary N) is 1. The van der Waals surface area contributed by atoms with Gasteiger partial charge in [-0.3, -0.25) is 0 Å². The summed E-state index contributed by atoms with van der Waals surface area (Å²) in [6, 6.07) is 5.61. The Balaban J connectivity index is 3.05. The fourth-order valence-electron chi connectivity index (χ4n) is 1.69. The molecule has 0 saturated heterocycles. The van der Waals surface area contributed by atoms with Crippen LogP contribution < -0.4 is 5.32 Å². The van der Waals surface area contributed by atoms with E-state index in [1.165, 1.54) is 18.4 Å². The van der Waals surface area contributed by atoms with Crippen LogP contribution in [0, 0.1) is 5.82 Å². The van der Waals surface area contributed by atoms with E-state index >= 15 is 0 Å². The molecule has 0 aliphatic heterocycles. The summed E-state index contributed by atoms with van der Waals surface area (Å²) in [6.45, 7) is 4.22. The second-order valence-electron chi connectivity index (χ2n) is 4.12. The Labute approximate surface area is 102 Å². The van der Waals surface area contributed by atoms with Gasteiger partial charge in [-0.1, -0.05) is 19.1 Å². The largest absolute Gasteiger partial charge is 0.309 e. The van der Waals surface area contributed by atoms with Gasteiger partial charge >= 0.3 is 0 Å². The zero-order chi connectivity index (χ0) is 13.1. The van der Waals surface area contributed by atoms with Gasteiger partial charge < -0.3 is 5.32 Å². The van der Waals surface area contributed by atoms with Crippen molar-refractivity contribution in [1.82, 2.24) is 5.32 Å². The first-order chi connectivity index (χ1) is 7.86. The molecule has 2 unspecified atom stereocenters. The second-order valence-corrected chi connectivity index (χ2v) is 6.52. The Morgan fingerprint density at radius 3 is 2.24 bits per heavy atom. The van der Waals surface area contributed by atoms with Gasteiger partial charge in [-0.2, -0.15) is 0 Å². The zero-order valence-corrected chi connectivity index (χ0v) is 11.1. The van der Waals surface area contributed by atoms with Gasteiger partial charge in [0.2, 0.25) is 0 Å². The molecule has 17 heavy (non-hydrogen) atoms. The average Bonchev–Trinajstić information content (AvgIpc) is 2.25. The molecule has 3 nitrogen and oxygen atoms in total. The van der Waals surface area contributed by atoms with Crippen LogP contribution in [0.1, 0.15) is 25.5 Å². The summed E-state index contributed by atoms with van der Waals surface area (Å²) in [5.74, 6) is -0.323. The van der Waals surface area contributed by atoms with E-state index in [4.69, 9.17) is 0 Å². The van der Waals surface area contributed by atoms with E-state index in [0.29, 0.717) is 6.54 Å². The van der Waals surface area contributed by atoms with Gasteiger partial charge in [-0.15, -0.1) is 0 Å². The minimum absolute atomic E-state index is 0.310. The predicted octanol–water partition coefficient (Wildman–Crippen LogP) is 1.91. The normalized spacial score (nSPS) is 15.5. The van der Waals surface area contributed by atoms with Crippen molar-refractivity contribution >= 4 is 9.84 Å². The molecule has 0 aliphatic carbocycles. The first kappa shape index (κ1) is 14.1. The fourth-order valence-corrected chi connectivity index (χ4v) is 2.44. The molecule has 0 amide bonds. The molecule has 0 radical (unpaired) electrons. The summed E-state index contributed by atoms with van der Waals surface area (Å²) >= 11 is 0. The van der Waals surface area contributed by atoms with Gasteiger partial charge in [-0.05, 0) is 31.2 Å². The van der Waals surface area contributed by atoms with Crippen molar-refractivity contribution in [2.45, 2.75) is 25.1 Å². The van der Waals surface area contributed by atoms with Crippen molar-refractivity contribution in [2.24, 2.45) is 0 Å². The predicted molar refractivity (Wildman–Crippen MR) is 67.1 cm³/mol. The topological polar surface area (TPSA) is 46.2 Å². The summed E-state index contributed by atoms with van der Waals surface area (Å²) in [5.41, 5.74) is 0.783. The Kier molecular flexibility index (Phi) is 4.65. The van der Waals surface area contributed by atoms with Crippen LogP contribution in [-0.4, -0.2) is 26.5 Å². The molecule has 1 aromatic rings. The minimum atomic E-state index is -3.14. The molecule has 2 atom stereocenters. The van der Waals surface area contributed by atoms with Crippen molar-refractivity contribution < 1.29 is 12.8 Å². The smallest absolute Gasteiger partial charge is 0.151 e. The highest BCUT2D eigenvalue weighted by Crippen LogP contribution is 2.21. The first-order valence-corrected chi connectivity index (χ1v) is 7.49. The van der Waals surface area contributed by atoms with E-state index in [2.05, 4.69) is 5.32 Å². The Bertz CT molecular complexity index is 456. The average molecular weight is 259 g/mol. The molecular weight excluding hydrogens is 241 g/mol. The van der Waals surface area contributed by atoms with Crippen molar-refractivity contribution in [1.29, 1.82) is 0 Å². The maximum atomic E-state index is 12.8. The highest BCUT2D eigenvalue weighted by Gasteiger charge is 2.26. The first-order valence-electron chi connectivity index (χ1n) is 5.54. The standard InChI is InChI=1S/C12H18FNO2S/c1-4-14-12(9(2)17(3,15)16)10-5-7-11(13)8-6-10/h5-9,12,14H,4H2,1-3H3. The molecule has 0 fully saturated rings. The van der Waals surface area contributed by atoms with Gasteiger partial charge in [0.1, 0.15) is 5.82 Å².